The molecular weight excluding hydrogens is 232 g/mol. The molecule has 0 amide bonds. The summed E-state index contributed by atoms with van der Waals surface area (Å²) >= 11 is 0. The minimum Gasteiger partial charge on any atom is -0.396 e. The summed E-state index contributed by atoms with van der Waals surface area (Å²) in [5, 5.41) is 34.9. The largest absolute Gasteiger partial charge is 0.396 e. The standard InChI is InChI=1S/2C7H16O2/c1-6(2)3-7(4-8)5-9;1-3-7(4-2,5-8)6-9/h6-9H,3-5H2,1-2H3;8-9H,3-6H2,1-2H3. The van der Waals surface area contributed by atoms with Crippen LogP contribution in [0.1, 0.15) is 47.0 Å². The molecule has 0 unspecified atom stereocenters. The summed E-state index contributed by atoms with van der Waals surface area (Å²) in [6.45, 7) is 8.53. The minimum absolute atomic E-state index is 0.0880. The lowest BCUT2D eigenvalue weighted by atomic mass is 9.84. The normalized spacial score (nSPS) is 11.7. The van der Waals surface area contributed by atoms with Gasteiger partial charge in [-0.3, -0.25) is 0 Å². The van der Waals surface area contributed by atoms with E-state index in [0.717, 1.165) is 19.3 Å². The van der Waals surface area contributed by atoms with Crippen molar-refractivity contribution in [3.05, 3.63) is 0 Å². The highest BCUT2D eigenvalue weighted by Crippen LogP contribution is 2.23. The van der Waals surface area contributed by atoms with Gasteiger partial charge < -0.3 is 20.4 Å². The lowest BCUT2D eigenvalue weighted by Crippen LogP contribution is -2.27. The second-order valence-electron chi connectivity index (χ2n) is 5.38. The Kier molecular flexibility index (Phi) is 13.3. The fourth-order valence-corrected chi connectivity index (χ4v) is 1.62. The van der Waals surface area contributed by atoms with Crippen LogP contribution >= 0.6 is 0 Å². The average Bonchev–Trinajstić information content (AvgIpc) is 2.40. The molecule has 4 nitrogen and oxygen atoms in total. The second-order valence-corrected chi connectivity index (χ2v) is 5.38. The zero-order chi connectivity index (χ0) is 14.6. The fraction of sp³-hybridized carbons (Fsp3) is 1.00. The number of aliphatic hydroxyl groups excluding tert-OH is 4. The molecule has 0 fully saturated rings. The van der Waals surface area contributed by atoms with Crippen LogP contribution in [0.25, 0.3) is 0 Å². The summed E-state index contributed by atoms with van der Waals surface area (Å²) in [6.07, 6.45) is 2.60. The third-order valence-electron chi connectivity index (χ3n) is 3.49. The Balaban J connectivity index is 0. The monoisotopic (exact) mass is 264 g/mol. The first-order valence-corrected chi connectivity index (χ1v) is 6.88. The van der Waals surface area contributed by atoms with E-state index in [1.807, 2.05) is 13.8 Å². The van der Waals surface area contributed by atoms with Gasteiger partial charge >= 0.3 is 0 Å². The van der Waals surface area contributed by atoms with E-state index in [4.69, 9.17) is 20.4 Å². The summed E-state index contributed by atoms with van der Waals surface area (Å²) in [4.78, 5) is 0. The topological polar surface area (TPSA) is 80.9 Å². The van der Waals surface area contributed by atoms with Crippen molar-refractivity contribution in [1.29, 1.82) is 0 Å². The van der Waals surface area contributed by atoms with Crippen molar-refractivity contribution in [3.8, 4) is 0 Å². The molecule has 0 aliphatic heterocycles. The number of hydrogen-bond acceptors (Lipinski definition) is 4. The molecule has 4 N–H and O–H groups in total. The molecule has 18 heavy (non-hydrogen) atoms. The van der Waals surface area contributed by atoms with Gasteiger partial charge in [-0.15, -0.1) is 0 Å². The molecule has 0 aromatic heterocycles. The van der Waals surface area contributed by atoms with Crippen LogP contribution in [0.4, 0.5) is 0 Å². The van der Waals surface area contributed by atoms with Gasteiger partial charge in [0.2, 0.25) is 0 Å². The quantitative estimate of drug-likeness (QED) is 0.534. The highest BCUT2D eigenvalue weighted by Gasteiger charge is 2.23. The highest BCUT2D eigenvalue weighted by molar-refractivity contribution is 4.73. The van der Waals surface area contributed by atoms with Crippen LogP contribution in [0.15, 0.2) is 0 Å². The van der Waals surface area contributed by atoms with Crippen molar-refractivity contribution in [2.24, 2.45) is 17.3 Å². The summed E-state index contributed by atoms with van der Waals surface area (Å²) in [7, 11) is 0. The summed E-state index contributed by atoms with van der Waals surface area (Å²) < 4.78 is 0. The van der Waals surface area contributed by atoms with E-state index in [9.17, 15) is 0 Å². The van der Waals surface area contributed by atoms with E-state index < -0.39 is 0 Å². The van der Waals surface area contributed by atoms with E-state index in [1.54, 1.807) is 0 Å². The zero-order valence-corrected chi connectivity index (χ0v) is 12.4. The van der Waals surface area contributed by atoms with E-state index in [1.165, 1.54) is 0 Å². The molecule has 0 bridgehead atoms. The van der Waals surface area contributed by atoms with Crippen LogP contribution in [0.5, 0.6) is 0 Å². The Bertz CT molecular complexity index is 146. The predicted octanol–water partition coefficient (Wildman–Crippen LogP) is 1.41. The lowest BCUT2D eigenvalue weighted by Gasteiger charge is -2.25. The molecule has 0 saturated heterocycles. The summed E-state index contributed by atoms with van der Waals surface area (Å²) in [5.41, 5.74) is -0.222. The SMILES string of the molecule is CC(C)CC(CO)CO.CCC(CC)(CO)CO. The third-order valence-corrected chi connectivity index (χ3v) is 3.49. The van der Waals surface area contributed by atoms with Crippen LogP contribution < -0.4 is 0 Å². The van der Waals surface area contributed by atoms with E-state index in [0.29, 0.717) is 5.92 Å². The van der Waals surface area contributed by atoms with Gasteiger partial charge in [-0.1, -0.05) is 27.7 Å². The summed E-state index contributed by atoms with van der Waals surface area (Å²) in [5.74, 6) is 0.652. The maximum Gasteiger partial charge on any atom is 0.0509 e. The third kappa shape index (κ3) is 8.86. The molecule has 0 aromatic carbocycles. The molecule has 0 spiro atoms. The first-order chi connectivity index (χ1) is 8.44. The maximum atomic E-state index is 8.82. The molecule has 112 valence electrons. The minimum atomic E-state index is -0.222. The Hall–Kier alpha value is -0.160. The van der Waals surface area contributed by atoms with Crippen molar-refractivity contribution in [1.82, 2.24) is 0 Å². The highest BCUT2D eigenvalue weighted by atomic mass is 16.3. The number of hydrogen-bond donors (Lipinski definition) is 4. The Labute approximate surface area is 112 Å². The zero-order valence-electron chi connectivity index (χ0n) is 12.4. The Morgan fingerprint density at radius 3 is 1.28 bits per heavy atom. The van der Waals surface area contributed by atoms with Crippen molar-refractivity contribution in [2.75, 3.05) is 26.4 Å². The molecule has 0 radical (unpaired) electrons. The maximum absolute atomic E-state index is 8.82. The van der Waals surface area contributed by atoms with Crippen molar-refractivity contribution >= 4 is 0 Å². The van der Waals surface area contributed by atoms with Crippen molar-refractivity contribution in [3.63, 3.8) is 0 Å². The first-order valence-electron chi connectivity index (χ1n) is 6.88. The fourth-order valence-electron chi connectivity index (χ4n) is 1.62. The van der Waals surface area contributed by atoms with Gasteiger partial charge in [-0.25, -0.2) is 0 Å². The van der Waals surface area contributed by atoms with E-state index in [-0.39, 0.29) is 37.8 Å². The van der Waals surface area contributed by atoms with Gasteiger partial charge in [0.15, 0.2) is 0 Å². The van der Waals surface area contributed by atoms with Crippen molar-refractivity contribution < 1.29 is 20.4 Å². The van der Waals surface area contributed by atoms with Crippen LogP contribution in [-0.2, 0) is 0 Å². The molecule has 4 heteroatoms. The molecule has 0 aliphatic rings. The van der Waals surface area contributed by atoms with Crippen molar-refractivity contribution in [2.45, 2.75) is 47.0 Å². The molecule has 0 saturated carbocycles. The first kappa shape index (κ1) is 20.2. The molecule has 0 rings (SSSR count). The van der Waals surface area contributed by atoms with E-state index >= 15 is 0 Å². The van der Waals surface area contributed by atoms with Gasteiger partial charge in [0, 0.05) is 24.5 Å². The number of aliphatic hydroxyl groups is 4. The molecule has 0 atom stereocenters. The Morgan fingerprint density at radius 1 is 0.833 bits per heavy atom. The smallest absolute Gasteiger partial charge is 0.0509 e. The predicted molar refractivity (Wildman–Crippen MR) is 74.3 cm³/mol. The molecular formula is C14H32O4. The van der Waals surface area contributed by atoms with Gasteiger partial charge in [0.1, 0.15) is 0 Å². The lowest BCUT2D eigenvalue weighted by molar-refractivity contribution is 0.0480. The Morgan fingerprint density at radius 2 is 1.22 bits per heavy atom. The van der Waals surface area contributed by atoms with Crippen LogP contribution in [0.2, 0.25) is 0 Å². The average molecular weight is 264 g/mol. The number of rotatable bonds is 8. The van der Waals surface area contributed by atoms with Gasteiger partial charge in [-0.2, -0.15) is 0 Å². The van der Waals surface area contributed by atoms with Crippen LogP contribution in [-0.4, -0.2) is 46.9 Å². The second kappa shape index (κ2) is 11.9. The van der Waals surface area contributed by atoms with Crippen LogP contribution in [0.3, 0.4) is 0 Å². The van der Waals surface area contributed by atoms with Gasteiger partial charge in [-0.05, 0) is 25.2 Å². The van der Waals surface area contributed by atoms with E-state index in [2.05, 4.69) is 13.8 Å². The molecule has 0 aliphatic carbocycles. The summed E-state index contributed by atoms with van der Waals surface area (Å²) in [6, 6.07) is 0. The van der Waals surface area contributed by atoms with Crippen LogP contribution in [0, 0.1) is 17.3 Å². The van der Waals surface area contributed by atoms with Gasteiger partial charge in [0.25, 0.3) is 0 Å². The molecule has 0 heterocycles. The van der Waals surface area contributed by atoms with Gasteiger partial charge in [0.05, 0.1) is 13.2 Å². The molecule has 0 aromatic rings.